The third-order valence-corrected chi connectivity index (χ3v) is 14.1. The van der Waals surface area contributed by atoms with E-state index >= 15 is 0 Å². The molecule has 477 valence electrons. The zero-order chi connectivity index (χ0) is 62.4. The smallest absolute Gasteiger partial charge is 0.158 e. The van der Waals surface area contributed by atoms with E-state index in [0.29, 0.717) is 12.6 Å². The van der Waals surface area contributed by atoms with Crippen molar-refractivity contribution in [1.29, 1.82) is 0 Å². The Bertz CT molecular complexity index is 3960. The van der Waals surface area contributed by atoms with E-state index in [4.69, 9.17) is 0 Å². The molecule has 4 heterocycles. The standard InChI is InChI=1S/4C14H15NO2.C10H10.C5H6O2.4CH4.V/c1-11-10-15(14(2,17)8-5-9-16)13-7-4-3-6-12(11)13;1-10-8-15(12(9-16)7-11(2)17)14-6-4-3-5-13(10)14;1-10-9-15(13(7-8-16)11(2)17)14-6-4-3-5-12(10)14;1-10-9-15(14(17)8-7-11(2)16)13-6-4-3-5-12(10)13;1-8-6-7-9-4-2-3-5-10(8)9;1-5(7)3-2-4-6;;;;;/h3-10,17H,1-2H3;3-6,8-9,12H,7H2,1-2H3;3-6,8-9,13H,7H2,1-2H3;3-9,14,17H,1-2H3;2-6H,7H2,1H3;2-4H,1H3;4*1H4;/b8-5-;;;8-7-;;3-2-;;;;;. The summed E-state index contributed by atoms with van der Waals surface area (Å²) in [4.78, 5) is 85.2. The number of aryl methyl sites for hydroxylation is 4. The van der Waals surface area contributed by atoms with Crippen LogP contribution in [0.25, 0.3) is 49.2 Å². The molecule has 0 saturated heterocycles. The van der Waals surface area contributed by atoms with Gasteiger partial charge in [-0.25, -0.2) is 0 Å². The summed E-state index contributed by atoms with van der Waals surface area (Å²) >= 11 is 0. The van der Waals surface area contributed by atoms with Crippen molar-refractivity contribution in [2.75, 3.05) is 0 Å². The minimum absolute atomic E-state index is 0. The van der Waals surface area contributed by atoms with Crippen molar-refractivity contribution < 1.29 is 67.1 Å². The first kappa shape index (κ1) is 81.1. The van der Waals surface area contributed by atoms with Gasteiger partial charge in [0.1, 0.15) is 37.2 Å². The first-order valence-electron chi connectivity index (χ1n) is 27.8. The summed E-state index contributed by atoms with van der Waals surface area (Å²) in [5.41, 5.74) is 11.5. The number of fused-ring (bicyclic) bond motifs is 5. The molecule has 0 saturated carbocycles. The number of nitrogens with zero attached hydrogens (tertiary/aromatic N) is 4. The van der Waals surface area contributed by atoms with Crippen molar-refractivity contribution >= 4 is 97.5 Å². The molecular weight excluding hydrogens is 1170 g/mol. The minimum Gasteiger partial charge on any atom is -0.370 e. The number of Topliss-reactive ketones (excluding diaryl/α,β-unsaturated/α-hetero) is 2. The Kier molecular flexibility index (Phi) is 35.3. The van der Waals surface area contributed by atoms with Crippen molar-refractivity contribution in [3.8, 4) is 0 Å². The Labute approximate surface area is 544 Å². The number of aldehydes is 4. The molecule has 1 aliphatic carbocycles. The molecule has 10 rings (SSSR count). The van der Waals surface area contributed by atoms with Gasteiger partial charge in [-0.3, -0.25) is 28.8 Å². The summed E-state index contributed by atoms with van der Waals surface area (Å²) in [6.45, 7) is 17.7. The van der Waals surface area contributed by atoms with E-state index in [9.17, 15) is 48.6 Å². The van der Waals surface area contributed by atoms with E-state index in [1.165, 1.54) is 80.9 Å². The number of hydrogen-bond donors (Lipinski definition) is 2. The monoisotopic (exact) mass is 1260 g/mol. The summed E-state index contributed by atoms with van der Waals surface area (Å²) in [5, 5.41) is 24.8. The minimum atomic E-state index is -1.20. The van der Waals surface area contributed by atoms with Gasteiger partial charge >= 0.3 is 0 Å². The zero-order valence-corrected chi connectivity index (χ0v) is 51.9. The zero-order valence-electron chi connectivity index (χ0n) is 50.5. The van der Waals surface area contributed by atoms with Gasteiger partial charge < -0.3 is 38.1 Å². The van der Waals surface area contributed by atoms with Crippen LogP contribution < -0.4 is 0 Å². The third-order valence-electron chi connectivity index (χ3n) is 14.1. The Morgan fingerprint density at radius 2 is 0.978 bits per heavy atom. The molecule has 0 bridgehead atoms. The Morgan fingerprint density at radius 3 is 1.42 bits per heavy atom. The van der Waals surface area contributed by atoms with E-state index < -0.39 is 18.0 Å². The molecule has 0 fully saturated rings. The number of carbonyl (C=O) groups is 8. The number of para-hydroxylation sites is 4. The molecule has 1 aliphatic rings. The maximum atomic E-state index is 11.6. The van der Waals surface area contributed by atoms with Crippen LogP contribution in [0.3, 0.4) is 0 Å². The number of benzene rings is 5. The topological polar surface area (TPSA) is 197 Å². The molecule has 2 N–H and O–H groups in total. The van der Waals surface area contributed by atoms with Gasteiger partial charge in [0.05, 0.1) is 23.1 Å². The SMILES string of the molecule is C.C.C.C.CC(=O)/C=C\C(O)n1cc(C)c2ccccc21.CC(=O)/C=C\C=O.CC(=O)C(CC=O)n1cc(C)c2ccccc21.CC(=O)CC(C=O)n1cc(C)c2ccccc21.CC1=CCc2ccccc21.Cc1cn(C(C)(O)/C=C\C=O)c2ccccc12.[V]. The maximum absolute atomic E-state index is 11.6. The molecule has 15 heteroatoms. The second-order valence-corrected chi connectivity index (χ2v) is 20.9. The number of rotatable bonds is 16. The van der Waals surface area contributed by atoms with Crippen molar-refractivity contribution in [1.82, 2.24) is 18.3 Å². The molecule has 1 radical (unpaired) electrons. The fourth-order valence-electron chi connectivity index (χ4n) is 9.94. The number of aromatic nitrogens is 4. The third kappa shape index (κ3) is 22.0. The Hall–Kier alpha value is -8.92. The normalized spacial score (nSPS) is 12.5. The molecule has 4 unspecified atom stereocenters. The average Bonchev–Trinajstić information content (AvgIpc) is 1.81. The molecule has 0 spiro atoms. The number of ketones is 4. The van der Waals surface area contributed by atoms with Crippen LogP contribution in [0, 0.1) is 27.7 Å². The van der Waals surface area contributed by atoms with Gasteiger partial charge in [0.2, 0.25) is 0 Å². The number of hydrogen-bond acceptors (Lipinski definition) is 10. The van der Waals surface area contributed by atoms with E-state index in [2.05, 4.69) is 37.3 Å². The molecule has 90 heavy (non-hydrogen) atoms. The molecule has 14 nitrogen and oxygen atoms in total. The first-order chi connectivity index (χ1) is 40.6. The summed E-state index contributed by atoms with van der Waals surface area (Å²) in [6.07, 6.45) is 21.7. The number of aliphatic hydroxyl groups excluding tert-OH is 1. The van der Waals surface area contributed by atoms with Crippen LogP contribution in [0.4, 0.5) is 0 Å². The number of carbonyl (C=O) groups excluding carboxylic acids is 8. The van der Waals surface area contributed by atoms with Crippen LogP contribution in [0.2, 0.25) is 0 Å². The Morgan fingerprint density at radius 1 is 0.556 bits per heavy atom. The van der Waals surface area contributed by atoms with Crippen molar-refractivity contribution in [3.05, 3.63) is 222 Å². The fraction of sp³-hybridized carbons (Fsp3) is 0.280. The van der Waals surface area contributed by atoms with Gasteiger partial charge in [-0.1, -0.05) is 133 Å². The van der Waals surface area contributed by atoms with Gasteiger partial charge in [0.25, 0.3) is 0 Å². The van der Waals surface area contributed by atoms with Crippen molar-refractivity contribution in [2.24, 2.45) is 0 Å². The first-order valence-corrected chi connectivity index (χ1v) is 27.8. The molecule has 9 aromatic rings. The van der Waals surface area contributed by atoms with Crippen LogP contribution in [0.5, 0.6) is 0 Å². The van der Waals surface area contributed by atoms with Crippen molar-refractivity contribution in [2.45, 2.75) is 142 Å². The molecule has 5 aromatic carbocycles. The average molecular weight is 1260 g/mol. The van der Waals surface area contributed by atoms with Crippen LogP contribution in [-0.4, -0.2) is 76.8 Å². The van der Waals surface area contributed by atoms with Gasteiger partial charge in [-0.05, 0) is 175 Å². The van der Waals surface area contributed by atoms with E-state index in [1.807, 2.05) is 159 Å². The quantitative estimate of drug-likeness (QED) is 0.0693. The van der Waals surface area contributed by atoms with Gasteiger partial charge in [0.15, 0.2) is 23.1 Å². The summed E-state index contributed by atoms with van der Waals surface area (Å²) in [7, 11) is 0. The Balaban J connectivity index is 0.00000106. The second-order valence-electron chi connectivity index (χ2n) is 20.9. The summed E-state index contributed by atoms with van der Waals surface area (Å²) < 4.78 is 7.31. The molecule has 0 aliphatic heterocycles. The predicted molar refractivity (Wildman–Crippen MR) is 366 cm³/mol. The maximum Gasteiger partial charge on any atom is 0.158 e. The van der Waals surface area contributed by atoms with Crippen LogP contribution in [0.15, 0.2) is 189 Å². The van der Waals surface area contributed by atoms with Crippen LogP contribution in [-0.2, 0) is 69.1 Å². The number of allylic oxidation sites excluding steroid dienone is 6. The number of aliphatic hydroxyl groups is 2. The van der Waals surface area contributed by atoms with Crippen molar-refractivity contribution in [3.63, 3.8) is 0 Å². The summed E-state index contributed by atoms with van der Waals surface area (Å²) in [5.74, 6) is -0.139. The molecule has 0 amide bonds. The van der Waals surface area contributed by atoms with Gasteiger partial charge in [-0.15, -0.1) is 0 Å². The van der Waals surface area contributed by atoms with Gasteiger partial charge in [-0.2, -0.15) is 0 Å². The van der Waals surface area contributed by atoms with E-state index in [1.54, 1.807) is 16.1 Å². The molecular formula is C75H92N4O10V. The van der Waals surface area contributed by atoms with Gasteiger partial charge in [0, 0.05) is 88.8 Å². The molecule has 4 aromatic heterocycles. The van der Waals surface area contributed by atoms with Crippen LogP contribution in [0.1, 0.15) is 136 Å². The predicted octanol–water partition coefficient (Wildman–Crippen LogP) is 15.8. The summed E-state index contributed by atoms with van der Waals surface area (Å²) in [6, 6.07) is 39.4. The van der Waals surface area contributed by atoms with Crippen LogP contribution >= 0.6 is 0 Å². The van der Waals surface area contributed by atoms with E-state index in [-0.39, 0.29) is 90.3 Å². The second kappa shape index (κ2) is 39.2. The van der Waals surface area contributed by atoms with E-state index in [0.717, 1.165) is 84.9 Å². The largest absolute Gasteiger partial charge is 0.370 e. The molecule has 4 atom stereocenters. The fourth-order valence-corrected chi connectivity index (χ4v) is 9.94.